The van der Waals surface area contributed by atoms with Crippen molar-refractivity contribution in [3.63, 3.8) is 0 Å². The van der Waals surface area contributed by atoms with E-state index in [4.69, 9.17) is 15.1 Å². The van der Waals surface area contributed by atoms with Gasteiger partial charge in [-0.15, -0.1) is 5.10 Å². The minimum Gasteiger partial charge on any atom is -0.496 e. The second-order valence-corrected chi connectivity index (χ2v) is 7.88. The molecule has 0 atom stereocenters. The number of hydrazine groups is 1. The predicted octanol–water partition coefficient (Wildman–Crippen LogP) is 1.63. The van der Waals surface area contributed by atoms with Crippen molar-refractivity contribution >= 4 is 21.6 Å². The van der Waals surface area contributed by atoms with Crippen molar-refractivity contribution in [2.75, 3.05) is 11.8 Å². The smallest absolute Gasteiger partial charge is 0.357 e. The minimum atomic E-state index is -4.37. The summed E-state index contributed by atoms with van der Waals surface area (Å²) in [5.74, 6) is 6.55. The number of nitrogens with two attached hydrogens (primary N) is 1. The van der Waals surface area contributed by atoms with Crippen molar-refractivity contribution in [1.29, 1.82) is 0 Å². The molecular weight excluding hydrogens is 408 g/mol. The second-order valence-electron chi connectivity index (χ2n) is 6.73. The van der Waals surface area contributed by atoms with Gasteiger partial charge in [-0.3, -0.25) is 9.27 Å². The molecule has 1 aliphatic heterocycles. The molecule has 3 aromatic rings. The van der Waals surface area contributed by atoms with Crippen LogP contribution in [-0.2, 0) is 23.4 Å². The zero-order valence-electron chi connectivity index (χ0n) is 16.1. The van der Waals surface area contributed by atoms with E-state index in [1.54, 1.807) is 15.8 Å². The number of anilines is 1. The van der Waals surface area contributed by atoms with Crippen molar-refractivity contribution in [1.82, 2.24) is 20.0 Å². The molecule has 0 amide bonds. The van der Waals surface area contributed by atoms with Gasteiger partial charge >= 0.3 is 10.3 Å². The molecule has 4 rings (SSSR count). The molecule has 1 aliphatic rings. The van der Waals surface area contributed by atoms with E-state index in [1.165, 1.54) is 19.2 Å². The summed E-state index contributed by atoms with van der Waals surface area (Å²) in [6.45, 7) is 0.775. The third-order valence-corrected chi connectivity index (χ3v) is 5.15. The first-order valence-corrected chi connectivity index (χ1v) is 10.4. The van der Waals surface area contributed by atoms with Gasteiger partial charge in [0.1, 0.15) is 11.4 Å². The zero-order valence-corrected chi connectivity index (χ0v) is 16.9. The van der Waals surface area contributed by atoms with Crippen LogP contribution in [0.15, 0.2) is 54.7 Å². The summed E-state index contributed by atoms with van der Waals surface area (Å²) in [6, 6.07) is 14.5. The highest BCUT2D eigenvalue weighted by Crippen LogP contribution is 2.30. The first-order valence-electron chi connectivity index (χ1n) is 8.97. The summed E-state index contributed by atoms with van der Waals surface area (Å²) in [5, 5.41) is 10.2. The lowest BCUT2D eigenvalue weighted by Crippen LogP contribution is -2.29. The van der Waals surface area contributed by atoms with E-state index in [2.05, 4.69) is 10.3 Å². The molecule has 11 heteroatoms. The maximum atomic E-state index is 11.0. The van der Waals surface area contributed by atoms with Crippen molar-refractivity contribution in [2.24, 2.45) is 5.84 Å². The standard InChI is InChI=1S/C19H20N6O4S/c1-29-18-9-15(22-30(26,27)28)8-7-14(18)10-25-17-12-24(20)11-16(19(17)21-23-25)13-5-3-2-4-6-13/h2-9,11,22H,10,12,20H2,1H3,(H,26,27,28). The van der Waals surface area contributed by atoms with Crippen LogP contribution in [0.2, 0.25) is 0 Å². The van der Waals surface area contributed by atoms with Gasteiger partial charge in [-0.05, 0) is 11.6 Å². The van der Waals surface area contributed by atoms with Crippen LogP contribution in [0.4, 0.5) is 5.69 Å². The molecule has 156 valence electrons. The molecule has 0 unspecified atom stereocenters. The number of fused-ring (bicyclic) bond motifs is 1. The van der Waals surface area contributed by atoms with E-state index in [0.29, 0.717) is 18.8 Å². The maximum Gasteiger partial charge on any atom is 0.357 e. The number of methoxy groups -OCH3 is 1. The fraction of sp³-hybridized carbons (Fsp3) is 0.158. The average molecular weight is 428 g/mol. The van der Waals surface area contributed by atoms with Crippen LogP contribution in [0.1, 0.15) is 22.5 Å². The lowest BCUT2D eigenvalue weighted by molar-refractivity contribution is 0.365. The van der Waals surface area contributed by atoms with Crippen molar-refractivity contribution in [3.05, 3.63) is 77.2 Å². The number of nitrogens with zero attached hydrogens (tertiary/aromatic N) is 4. The van der Waals surface area contributed by atoms with Gasteiger partial charge in [0.05, 0.1) is 31.6 Å². The number of ether oxygens (including phenoxy) is 1. The Kier molecular flexibility index (Phi) is 5.16. The molecule has 0 fully saturated rings. The molecule has 30 heavy (non-hydrogen) atoms. The molecule has 0 saturated carbocycles. The van der Waals surface area contributed by atoms with Crippen molar-refractivity contribution < 1.29 is 17.7 Å². The summed E-state index contributed by atoms with van der Waals surface area (Å²) in [5.41, 5.74) is 4.41. The normalized spacial score (nSPS) is 13.6. The third-order valence-electron chi connectivity index (χ3n) is 4.66. The van der Waals surface area contributed by atoms with E-state index < -0.39 is 10.3 Å². The molecule has 0 aliphatic carbocycles. The first kappa shape index (κ1) is 19.9. The monoisotopic (exact) mass is 428 g/mol. The number of benzene rings is 2. The molecule has 0 radical (unpaired) electrons. The summed E-state index contributed by atoms with van der Waals surface area (Å²) in [7, 11) is -2.90. The Morgan fingerprint density at radius 2 is 2.00 bits per heavy atom. The first-order chi connectivity index (χ1) is 14.3. The predicted molar refractivity (Wildman–Crippen MR) is 111 cm³/mol. The van der Waals surface area contributed by atoms with E-state index >= 15 is 0 Å². The summed E-state index contributed by atoms with van der Waals surface area (Å²) >= 11 is 0. The van der Waals surface area contributed by atoms with Crippen LogP contribution >= 0.6 is 0 Å². The highest BCUT2D eigenvalue weighted by Gasteiger charge is 2.24. The van der Waals surface area contributed by atoms with Crippen LogP contribution in [0, 0.1) is 0 Å². The fourth-order valence-electron chi connectivity index (χ4n) is 3.35. The highest BCUT2D eigenvalue weighted by molar-refractivity contribution is 7.87. The Labute approximate surface area is 173 Å². The summed E-state index contributed by atoms with van der Waals surface area (Å²) in [6.07, 6.45) is 1.84. The Hall–Kier alpha value is -3.41. The van der Waals surface area contributed by atoms with Crippen LogP contribution in [0.3, 0.4) is 0 Å². The SMILES string of the molecule is COc1cc(NS(=O)(=O)O)ccc1Cn1nnc2c1CN(N)C=C2c1ccccc1. The van der Waals surface area contributed by atoms with Crippen LogP contribution in [0.5, 0.6) is 5.75 Å². The summed E-state index contributed by atoms with van der Waals surface area (Å²) in [4.78, 5) is 0. The molecule has 0 saturated heterocycles. The van der Waals surface area contributed by atoms with Gasteiger partial charge in [0.2, 0.25) is 0 Å². The van der Waals surface area contributed by atoms with Crippen molar-refractivity contribution in [2.45, 2.75) is 13.1 Å². The quantitative estimate of drug-likeness (QED) is 0.398. The second kappa shape index (κ2) is 7.78. The molecule has 0 spiro atoms. The fourth-order valence-corrected chi connectivity index (χ4v) is 3.77. The van der Waals surface area contributed by atoms with E-state index in [-0.39, 0.29) is 5.69 Å². The Morgan fingerprint density at radius 3 is 2.70 bits per heavy atom. The maximum absolute atomic E-state index is 11.0. The molecule has 2 aromatic carbocycles. The van der Waals surface area contributed by atoms with Gasteiger partial charge < -0.3 is 9.75 Å². The van der Waals surface area contributed by atoms with E-state index in [9.17, 15) is 8.42 Å². The molecule has 4 N–H and O–H groups in total. The van der Waals surface area contributed by atoms with Gasteiger partial charge in [0.15, 0.2) is 0 Å². The van der Waals surface area contributed by atoms with Gasteiger partial charge in [-0.25, -0.2) is 10.5 Å². The minimum absolute atomic E-state index is 0.182. The lowest BCUT2D eigenvalue weighted by Gasteiger charge is -2.23. The number of aromatic nitrogens is 3. The largest absolute Gasteiger partial charge is 0.496 e. The Bertz CT molecular complexity index is 1210. The zero-order chi connectivity index (χ0) is 21.3. The van der Waals surface area contributed by atoms with Crippen LogP contribution in [-0.4, -0.2) is 40.1 Å². The van der Waals surface area contributed by atoms with Crippen LogP contribution < -0.4 is 15.3 Å². The topological polar surface area (TPSA) is 136 Å². The van der Waals surface area contributed by atoms with Gasteiger partial charge in [-0.2, -0.15) is 8.42 Å². The number of nitrogens with one attached hydrogen (secondary N) is 1. The van der Waals surface area contributed by atoms with Crippen LogP contribution in [0.25, 0.3) is 5.57 Å². The average Bonchev–Trinajstić information content (AvgIpc) is 3.10. The molecular formula is C19H20N6O4S. The van der Waals surface area contributed by atoms with Gasteiger partial charge in [-0.1, -0.05) is 41.6 Å². The lowest BCUT2D eigenvalue weighted by atomic mass is 10.00. The third kappa shape index (κ3) is 4.13. The van der Waals surface area contributed by atoms with Gasteiger partial charge in [0.25, 0.3) is 0 Å². The Morgan fingerprint density at radius 1 is 1.23 bits per heavy atom. The van der Waals surface area contributed by atoms with Gasteiger partial charge in [0, 0.05) is 23.4 Å². The summed E-state index contributed by atoms with van der Waals surface area (Å²) < 4.78 is 40.2. The molecule has 1 aromatic heterocycles. The van der Waals surface area contributed by atoms with Crippen molar-refractivity contribution in [3.8, 4) is 5.75 Å². The molecule has 10 nitrogen and oxygen atoms in total. The Balaban J connectivity index is 1.67. The number of hydrogen-bond donors (Lipinski definition) is 3. The number of rotatable bonds is 6. The number of hydrogen-bond acceptors (Lipinski definition) is 7. The highest BCUT2D eigenvalue weighted by atomic mass is 32.2. The molecule has 0 bridgehead atoms. The van der Waals surface area contributed by atoms with E-state index in [1.807, 2.05) is 41.3 Å². The molecule has 2 heterocycles. The van der Waals surface area contributed by atoms with E-state index in [0.717, 1.165) is 28.1 Å².